The number of carbonyl (C=O) groups is 1. The van der Waals surface area contributed by atoms with E-state index in [0.29, 0.717) is 5.75 Å². The van der Waals surface area contributed by atoms with Gasteiger partial charge in [0.05, 0.1) is 0 Å². The maximum Gasteiger partial charge on any atom is 0.347 e. The highest BCUT2D eigenvalue weighted by Crippen LogP contribution is 2.21. The number of piperidine rings is 1. The topological polar surface area (TPSA) is 61.8 Å². The van der Waals surface area contributed by atoms with E-state index < -0.39 is 11.6 Å². The molecule has 1 aromatic carbocycles. The average molecular weight is 306 g/mol. The van der Waals surface area contributed by atoms with Crippen LogP contribution >= 0.6 is 0 Å². The lowest BCUT2D eigenvalue weighted by molar-refractivity contribution is -0.152. The Morgan fingerprint density at radius 3 is 2.45 bits per heavy atom. The number of aliphatic carboxylic acids is 1. The molecule has 0 atom stereocenters. The Bertz CT molecular complexity index is 479. The molecule has 0 aromatic heterocycles. The minimum Gasteiger partial charge on any atom is -0.478 e. The minimum atomic E-state index is -1.22. The monoisotopic (exact) mass is 306 g/mol. The van der Waals surface area contributed by atoms with Crippen molar-refractivity contribution in [1.29, 1.82) is 0 Å². The summed E-state index contributed by atoms with van der Waals surface area (Å²) in [5.41, 5.74) is -0.194. The fraction of sp³-hybridized carbons (Fsp3) is 0.588. The number of likely N-dealkylation sites (tertiary alicyclic amines) is 1. The van der Waals surface area contributed by atoms with E-state index in [2.05, 4.69) is 10.2 Å². The van der Waals surface area contributed by atoms with Crippen molar-refractivity contribution in [2.24, 2.45) is 0 Å². The first-order valence-electron chi connectivity index (χ1n) is 7.96. The van der Waals surface area contributed by atoms with Crippen LogP contribution in [0.5, 0.6) is 5.75 Å². The summed E-state index contributed by atoms with van der Waals surface area (Å²) >= 11 is 0. The van der Waals surface area contributed by atoms with Crippen molar-refractivity contribution in [2.75, 3.05) is 31.5 Å². The van der Waals surface area contributed by atoms with Crippen molar-refractivity contribution in [3.63, 3.8) is 0 Å². The van der Waals surface area contributed by atoms with E-state index in [1.807, 2.05) is 12.1 Å². The molecule has 22 heavy (non-hydrogen) atoms. The number of ether oxygens (including phenoxy) is 1. The molecule has 0 aliphatic carbocycles. The Morgan fingerprint density at radius 1 is 1.23 bits per heavy atom. The molecule has 1 aliphatic rings. The van der Waals surface area contributed by atoms with Crippen LogP contribution in [0.15, 0.2) is 24.3 Å². The molecular formula is C17H26N2O3. The molecular weight excluding hydrogens is 280 g/mol. The number of nitrogens with one attached hydrogen (secondary N) is 1. The van der Waals surface area contributed by atoms with Crippen molar-refractivity contribution in [2.45, 2.75) is 38.7 Å². The van der Waals surface area contributed by atoms with Gasteiger partial charge in [-0.1, -0.05) is 6.42 Å². The number of hydrogen-bond donors (Lipinski definition) is 2. The molecule has 0 amide bonds. The predicted octanol–water partition coefficient (Wildman–Crippen LogP) is 2.83. The second-order valence-corrected chi connectivity index (χ2v) is 6.27. The van der Waals surface area contributed by atoms with Gasteiger partial charge in [-0.3, -0.25) is 0 Å². The van der Waals surface area contributed by atoms with E-state index in [-0.39, 0.29) is 0 Å². The van der Waals surface area contributed by atoms with Crippen molar-refractivity contribution >= 4 is 11.7 Å². The van der Waals surface area contributed by atoms with E-state index in [4.69, 9.17) is 9.84 Å². The Kier molecular flexibility index (Phi) is 5.66. The van der Waals surface area contributed by atoms with E-state index in [9.17, 15) is 4.79 Å². The van der Waals surface area contributed by atoms with Crippen LogP contribution in [0, 0.1) is 0 Å². The average Bonchev–Trinajstić information content (AvgIpc) is 2.50. The van der Waals surface area contributed by atoms with Gasteiger partial charge in [-0.25, -0.2) is 4.79 Å². The van der Waals surface area contributed by atoms with E-state index >= 15 is 0 Å². The van der Waals surface area contributed by atoms with Crippen LogP contribution < -0.4 is 10.1 Å². The molecule has 0 bridgehead atoms. The quantitative estimate of drug-likeness (QED) is 0.811. The third kappa shape index (κ3) is 4.91. The second kappa shape index (κ2) is 7.49. The minimum absolute atomic E-state index is 0.564. The summed E-state index contributed by atoms with van der Waals surface area (Å²) in [4.78, 5) is 13.5. The van der Waals surface area contributed by atoms with Crippen molar-refractivity contribution < 1.29 is 14.6 Å². The number of benzene rings is 1. The molecule has 2 rings (SSSR count). The molecule has 5 nitrogen and oxygen atoms in total. The first-order valence-corrected chi connectivity index (χ1v) is 7.96. The molecule has 0 saturated carbocycles. The summed E-state index contributed by atoms with van der Waals surface area (Å²) in [5.74, 6) is -0.412. The lowest BCUT2D eigenvalue weighted by atomic mass is 10.1. The molecule has 1 fully saturated rings. The van der Waals surface area contributed by atoms with Crippen LogP contribution in [0.4, 0.5) is 5.69 Å². The number of rotatable bonds is 7. The van der Waals surface area contributed by atoms with Gasteiger partial charge in [-0.05, 0) is 64.0 Å². The van der Waals surface area contributed by atoms with Crippen LogP contribution in [0.2, 0.25) is 0 Å². The maximum atomic E-state index is 11.0. The normalized spacial score (nSPS) is 16.3. The van der Waals surface area contributed by atoms with E-state index in [1.165, 1.54) is 32.4 Å². The van der Waals surface area contributed by atoms with Gasteiger partial charge in [-0.2, -0.15) is 0 Å². The standard InChI is InChI=1S/C17H26N2O3/c1-17(2,16(20)21)22-15-8-6-14(7-9-15)18-10-13-19-11-4-3-5-12-19/h6-9,18H,3-5,10-13H2,1-2H3,(H,20,21). The molecule has 0 radical (unpaired) electrons. The van der Waals surface area contributed by atoms with Gasteiger partial charge in [0.15, 0.2) is 5.60 Å². The molecule has 2 N–H and O–H groups in total. The summed E-state index contributed by atoms with van der Waals surface area (Å²) < 4.78 is 5.48. The number of nitrogens with zero attached hydrogens (tertiary/aromatic N) is 1. The molecule has 122 valence electrons. The second-order valence-electron chi connectivity index (χ2n) is 6.27. The van der Waals surface area contributed by atoms with Gasteiger partial charge in [-0.15, -0.1) is 0 Å². The third-order valence-electron chi connectivity index (χ3n) is 3.95. The van der Waals surface area contributed by atoms with Gasteiger partial charge in [0.1, 0.15) is 5.75 Å². The lowest BCUT2D eigenvalue weighted by Crippen LogP contribution is -2.37. The van der Waals surface area contributed by atoms with Crippen molar-refractivity contribution in [3.05, 3.63) is 24.3 Å². The molecule has 1 saturated heterocycles. The van der Waals surface area contributed by atoms with Crippen molar-refractivity contribution in [3.8, 4) is 5.75 Å². The van der Waals surface area contributed by atoms with Crippen LogP contribution in [0.3, 0.4) is 0 Å². The largest absolute Gasteiger partial charge is 0.478 e. The maximum absolute atomic E-state index is 11.0. The number of carboxylic acid groups (broad SMARTS) is 1. The van der Waals surface area contributed by atoms with Gasteiger partial charge in [0, 0.05) is 18.8 Å². The molecule has 0 spiro atoms. The highest BCUT2D eigenvalue weighted by Gasteiger charge is 2.29. The summed E-state index contributed by atoms with van der Waals surface area (Å²) in [6.07, 6.45) is 3.98. The van der Waals surface area contributed by atoms with Crippen LogP contribution in [0.25, 0.3) is 0 Å². The van der Waals surface area contributed by atoms with Gasteiger partial charge >= 0.3 is 5.97 Å². The zero-order chi connectivity index (χ0) is 16.0. The Morgan fingerprint density at radius 2 is 1.86 bits per heavy atom. The van der Waals surface area contributed by atoms with Gasteiger partial charge in [0.25, 0.3) is 0 Å². The zero-order valence-electron chi connectivity index (χ0n) is 13.5. The van der Waals surface area contributed by atoms with Gasteiger partial charge < -0.3 is 20.1 Å². The summed E-state index contributed by atoms with van der Waals surface area (Å²) in [6, 6.07) is 7.44. The summed E-state index contributed by atoms with van der Waals surface area (Å²) in [5, 5.41) is 12.4. The van der Waals surface area contributed by atoms with E-state index in [1.54, 1.807) is 26.0 Å². The first kappa shape index (κ1) is 16.6. The Labute approximate surface area is 132 Å². The SMILES string of the molecule is CC(C)(Oc1ccc(NCCN2CCCCC2)cc1)C(=O)O. The smallest absolute Gasteiger partial charge is 0.347 e. The van der Waals surface area contributed by atoms with E-state index in [0.717, 1.165) is 18.8 Å². The number of hydrogen-bond acceptors (Lipinski definition) is 4. The Hall–Kier alpha value is -1.75. The van der Waals surface area contributed by atoms with Crippen molar-refractivity contribution in [1.82, 2.24) is 4.90 Å². The van der Waals surface area contributed by atoms with Gasteiger partial charge in [0.2, 0.25) is 0 Å². The highest BCUT2D eigenvalue weighted by molar-refractivity contribution is 5.76. The molecule has 0 unspecified atom stereocenters. The third-order valence-corrected chi connectivity index (χ3v) is 3.95. The van der Waals surface area contributed by atoms with Crippen LogP contribution in [0.1, 0.15) is 33.1 Å². The van der Waals surface area contributed by atoms with Crippen LogP contribution in [-0.4, -0.2) is 47.8 Å². The lowest BCUT2D eigenvalue weighted by Gasteiger charge is -2.26. The highest BCUT2D eigenvalue weighted by atomic mass is 16.5. The fourth-order valence-electron chi connectivity index (χ4n) is 2.52. The molecule has 1 aromatic rings. The number of anilines is 1. The Balaban J connectivity index is 1.78. The zero-order valence-corrected chi connectivity index (χ0v) is 13.5. The molecule has 1 aliphatic heterocycles. The summed E-state index contributed by atoms with van der Waals surface area (Å²) in [7, 11) is 0. The van der Waals surface area contributed by atoms with Crippen LogP contribution in [-0.2, 0) is 4.79 Å². The summed E-state index contributed by atoms with van der Waals surface area (Å²) in [6.45, 7) is 7.48. The first-order chi connectivity index (χ1) is 10.5. The number of carboxylic acids is 1. The fourth-order valence-corrected chi connectivity index (χ4v) is 2.52. The predicted molar refractivity (Wildman–Crippen MR) is 87.6 cm³/mol. The molecule has 1 heterocycles. The molecule has 5 heteroatoms.